The number of carbonyl (C=O) groups is 1. The molecule has 0 radical (unpaired) electrons. The number of hydrogen-bond acceptors (Lipinski definition) is 3. The Balaban J connectivity index is 1.72. The van der Waals surface area contributed by atoms with E-state index in [1.165, 1.54) is 0 Å². The quantitative estimate of drug-likeness (QED) is 0.747. The van der Waals surface area contributed by atoms with E-state index in [0.717, 1.165) is 28.6 Å². The number of pyridine rings is 1. The molecule has 0 spiro atoms. The number of halogens is 1. The van der Waals surface area contributed by atoms with Crippen LogP contribution in [0.15, 0.2) is 48.5 Å². The van der Waals surface area contributed by atoms with Crippen LogP contribution in [0.5, 0.6) is 5.75 Å². The predicted octanol–water partition coefficient (Wildman–Crippen LogP) is 4.18. The Kier molecular flexibility index (Phi) is 5.19. The van der Waals surface area contributed by atoms with Crippen molar-refractivity contribution in [2.45, 2.75) is 13.3 Å². The molecule has 1 heterocycles. The molecule has 3 rings (SSSR count). The third-order valence-corrected chi connectivity index (χ3v) is 4.28. The van der Waals surface area contributed by atoms with Crippen LogP contribution in [-0.4, -0.2) is 24.5 Å². The summed E-state index contributed by atoms with van der Waals surface area (Å²) in [6, 6.07) is 15.1. The second-order valence-corrected chi connectivity index (χ2v) is 6.25. The molecule has 1 N–H and O–H groups in total. The predicted molar refractivity (Wildman–Crippen MR) is 101 cm³/mol. The first-order chi connectivity index (χ1) is 12.1. The maximum Gasteiger partial charge on any atom is 0.253 e. The lowest BCUT2D eigenvalue weighted by atomic mass is 10.1. The fourth-order valence-electron chi connectivity index (χ4n) is 2.71. The highest BCUT2D eigenvalue weighted by Gasteiger charge is 2.12. The molecule has 0 atom stereocenters. The van der Waals surface area contributed by atoms with E-state index in [4.69, 9.17) is 16.3 Å². The van der Waals surface area contributed by atoms with Gasteiger partial charge in [-0.2, -0.15) is 0 Å². The number of nitrogens with one attached hydrogen (secondary N) is 1. The highest BCUT2D eigenvalue weighted by Crippen LogP contribution is 2.21. The third kappa shape index (κ3) is 4.09. The summed E-state index contributed by atoms with van der Waals surface area (Å²) in [6.07, 6.45) is 0.726. The van der Waals surface area contributed by atoms with Gasteiger partial charge in [-0.1, -0.05) is 23.7 Å². The molecule has 5 heteroatoms. The van der Waals surface area contributed by atoms with E-state index < -0.39 is 0 Å². The number of aromatic nitrogens is 1. The SMILES string of the molecule is COc1ccc2cc(C(=O)NCCc3cccc(Cl)c3)c(C)nc2c1. The molecule has 128 valence electrons. The molecule has 0 bridgehead atoms. The van der Waals surface area contributed by atoms with Crippen molar-refractivity contribution in [1.82, 2.24) is 10.3 Å². The van der Waals surface area contributed by atoms with E-state index in [1.807, 2.05) is 55.5 Å². The van der Waals surface area contributed by atoms with E-state index in [9.17, 15) is 4.79 Å². The average molecular weight is 355 g/mol. The average Bonchev–Trinajstić information content (AvgIpc) is 2.60. The van der Waals surface area contributed by atoms with Gasteiger partial charge < -0.3 is 10.1 Å². The molecule has 4 nitrogen and oxygen atoms in total. The summed E-state index contributed by atoms with van der Waals surface area (Å²) >= 11 is 5.98. The molecule has 2 aromatic carbocycles. The minimum Gasteiger partial charge on any atom is -0.497 e. The Labute approximate surface area is 151 Å². The standard InChI is InChI=1S/C20H19ClN2O2/c1-13-18(11-15-6-7-17(25-2)12-19(15)23-13)20(24)22-9-8-14-4-3-5-16(21)10-14/h3-7,10-12H,8-9H2,1-2H3,(H,22,24). The van der Waals surface area contributed by atoms with Crippen molar-refractivity contribution >= 4 is 28.4 Å². The fraction of sp³-hybridized carbons (Fsp3) is 0.200. The molecule has 25 heavy (non-hydrogen) atoms. The lowest BCUT2D eigenvalue weighted by Gasteiger charge is -2.10. The first kappa shape index (κ1) is 17.2. The highest BCUT2D eigenvalue weighted by atomic mass is 35.5. The zero-order chi connectivity index (χ0) is 17.8. The number of fused-ring (bicyclic) bond motifs is 1. The van der Waals surface area contributed by atoms with Crippen LogP contribution in [0.2, 0.25) is 5.02 Å². The van der Waals surface area contributed by atoms with Crippen molar-refractivity contribution in [3.63, 3.8) is 0 Å². The monoisotopic (exact) mass is 354 g/mol. The number of ether oxygens (including phenoxy) is 1. The molecule has 0 aliphatic carbocycles. The number of benzene rings is 2. The lowest BCUT2D eigenvalue weighted by Crippen LogP contribution is -2.26. The van der Waals surface area contributed by atoms with Crippen LogP contribution >= 0.6 is 11.6 Å². The van der Waals surface area contributed by atoms with E-state index in [2.05, 4.69) is 10.3 Å². The molecule has 3 aromatic rings. The summed E-state index contributed by atoms with van der Waals surface area (Å²) in [5, 5.41) is 4.56. The minimum atomic E-state index is -0.121. The largest absolute Gasteiger partial charge is 0.497 e. The van der Waals surface area contributed by atoms with Crippen LogP contribution in [-0.2, 0) is 6.42 Å². The van der Waals surface area contributed by atoms with Crippen molar-refractivity contribution in [2.24, 2.45) is 0 Å². The fourth-order valence-corrected chi connectivity index (χ4v) is 2.92. The van der Waals surface area contributed by atoms with Crippen molar-refractivity contribution in [2.75, 3.05) is 13.7 Å². The maximum atomic E-state index is 12.5. The van der Waals surface area contributed by atoms with Crippen molar-refractivity contribution in [3.05, 3.63) is 70.4 Å². The number of nitrogens with zero attached hydrogens (tertiary/aromatic N) is 1. The molecular formula is C20H19ClN2O2. The first-order valence-electron chi connectivity index (χ1n) is 8.05. The summed E-state index contributed by atoms with van der Waals surface area (Å²) in [5.41, 5.74) is 3.19. The Morgan fingerprint density at radius 1 is 1.20 bits per heavy atom. The van der Waals surface area contributed by atoms with Gasteiger partial charge in [0.2, 0.25) is 0 Å². The number of amides is 1. The molecule has 1 amide bonds. The molecular weight excluding hydrogens is 336 g/mol. The number of aryl methyl sites for hydroxylation is 1. The normalized spacial score (nSPS) is 10.7. The molecule has 1 aromatic heterocycles. The maximum absolute atomic E-state index is 12.5. The van der Waals surface area contributed by atoms with Gasteiger partial charge in [0.05, 0.1) is 23.9 Å². The lowest BCUT2D eigenvalue weighted by molar-refractivity contribution is 0.0953. The van der Waals surface area contributed by atoms with E-state index in [-0.39, 0.29) is 5.91 Å². The van der Waals surface area contributed by atoms with Crippen LogP contribution in [0.4, 0.5) is 0 Å². The molecule has 0 aliphatic heterocycles. The highest BCUT2D eigenvalue weighted by molar-refractivity contribution is 6.30. The van der Waals surface area contributed by atoms with Gasteiger partial charge >= 0.3 is 0 Å². The summed E-state index contributed by atoms with van der Waals surface area (Å²) in [6.45, 7) is 2.38. The van der Waals surface area contributed by atoms with Gasteiger partial charge in [0.15, 0.2) is 0 Å². The van der Waals surface area contributed by atoms with Crippen molar-refractivity contribution in [1.29, 1.82) is 0 Å². The van der Waals surface area contributed by atoms with Gasteiger partial charge in [0, 0.05) is 23.0 Å². The van der Waals surface area contributed by atoms with Crippen LogP contribution in [0.3, 0.4) is 0 Å². The Bertz CT molecular complexity index is 925. The number of carbonyl (C=O) groups excluding carboxylic acids is 1. The molecule has 0 aliphatic rings. The Hall–Kier alpha value is -2.59. The Morgan fingerprint density at radius 3 is 2.80 bits per heavy atom. The first-order valence-corrected chi connectivity index (χ1v) is 8.42. The van der Waals surface area contributed by atoms with E-state index >= 15 is 0 Å². The van der Waals surface area contributed by atoms with Gasteiger partial charge in [-0.25, -0.2) is 0 Å². The second kappa shape index (κ2) is 7.53. The van der Waals surface area contributed by atoms with Crippen LogP contribution in [0, 0.1) is 6.92 Å². The molecule has 0 saturated heterocycles. The number of methoxy groups -OCH3 is 1. The second-order valence-electron chi connectivity index (χ2n) is 5.82. The summed E-state index contributed by atoms with van der Waals surface area (Å²) < 4.78 is 5.21. The summed E-state index contributed by atoms with van der Waals surface area (Å²) in [5.74, 6) is 0.628. The summed E-state index contributed by atoms with van der Waals surface area (Å²) in [4.78, 5) is 17.0. The van der Waals surface area contributed by atoms with Crippen LogP contribution < -0.4 is 10.1 Å². The third-order valence-electron chi connectivity index (χ3n) is 4.05. The molecule has 0 saturated carbocycles. The zero-order valence-corrected chi connectivity index (χ0v) is 14.9. The van der Waals surface area contributed by atoms with Gasteiger partial charge in [-0.05, 0) is 49.2 Å². The van der Waals surface area contributed by atoms with Gasteiger partial charge in [0.1, 0.15) is 5.75 Å². The molecule has 0 fully saturated rings. The van der Waals surface area contributed by atoms with E-state index in [1.54, 1.807) is 7.11 Å². The smallest absolute Gasteiger partial charge is 0.253 e. The van der Waals surface area contributed by atoms with Gasteiger partial charge in [-0.3, -0.25) is 9.78 Å². The topological polar surface area (TPSA) is 51.2 Å². The zero-order valence-electron chi connectivity index (χ0n) is 14.2. The van der Waals surface area contributed by atoms with Gasteiger partial charge in [0.25, 0.3) is 5.91 Å². The Morgan fingerprint density at radius 2 is 2.04 bits per heavy atom. The minimum absolute atomic E-state index is 0.121. The number of hydrogen-bond donors (Lipinski definition) is 1. The summed E-state index contributed by atoms with van der Waals surface area (Å²) in [7, 11) is 1.62. The molecule has 0 unspecified atom stereocenters. The van der Waals surface area contributed by atoms with Crippen molar-refractivity contribution in [3.8, 4) is 5.75 Å². The number of rotatable bonds is 5. The van der Waals surface area contributed by atoms with E-state index in [0.29, 0.717) is 22.8 Å². The van der Waals surface area contributed by atoms with Crippen LogP contribution in [0.25, 0.3) is 10.9 Å². The van der Waals surface area contributed by atoms with Gasteiger partial charge in [-0.15, -0.1) is 0 Å². The van der Waals surface area contributed by atoms with Crippen LogP contribution in [0.1, 0.15) is 21.6 Å². The van der Waals surface area contributed by atoms with Crippen molar-refractivity contribution < 1.29 is 9.53 Å².